The van der Waals surface area contributed by atoms with Crippen molar-refractivity contribution in [3.8, 4) is 5.75 Å². The van der Waals surface area contributed by atoms with E-state index in [0.717, 1.165) is 11.3 Å². The Labute approximate surface area is 186 Å². The zero-order chi connectivity index (χ0) is 22.0. The van der Waals surface area contributed by atoms with Gasteiger partial charge in [-0.1, -0.05) is 41.9 Å². The predicted molar refractivity (Wildman–Crippen MR) is 119 cm³/mol. The van der Waals surface area contributed by atoms with E-state index in [0.29, 0.717) is 30.2 Å². The lowest BCUT2D eigenvalue weighted by atomic mass is 9.73. The average molecular weight is 441 g/mol. The topological polar surface area (TPSA) is 88.2 Å². The number of rotatable bonds is 6. The van der Waals surface area contributed by atoms with Crippen LogP contribution in [0.1, 0.15) is 12.0 Å². The van der Waals surface area contributed by atoms with Gasteiger partial charge in [0, 0.05) is 31.6 Å². The van der Waals surface area contributed by atoms with Gasteiger partial charge in [-0.25, -0.2) is 5.01 Å². The molecule has 1 fully saturated rings. The van der Waals surface area contributed by atoms with E-state index >= 15 is 0 Å². The molecule has 2 aliphatic rings. The van der Waals surface area contributed by atoms with Gasteiger partial charge in [-0.05, 0) is 36.2 Å². The highest BCUT2D eigenvalue weighted by atomic mass is 35.5. The van der Waals surface area contributed by atoms with Crippen LogP contribution in [-0.2, 0) is 16.0 Å². The standard InChI is InChI=1S/C23H25ClN4O3/c1-27-22(30)23(13-16-5-3-2-4-6-16)15-28(12-11-20(23)26-27)21(29)19(25)14-31-18-9-7-17(24)8-10-18/h2-10,19H,11-15,25H2,1H3/t19-,23-/m1/s1. The van der Waals surface area contributed by atoms with Gasteiger partial charge in [-0.15, -0.1) is 0 Å². The number of amides is 2. The zero-order valence-electron chi connectivity index (χ0n) is 17.3. The normalized spacial score (nSPS) is 21.5. The molecule has 0 spiro atoms. The number of ether oxygens (including phenoxy) is 1. The number of benzene rings is 2. The van der Waals surface area contributed by atoms with E-state index in [2.05, 4.69) is 5.10 Å². The second kappa shape index (κ2) is 8.69. The summed E-state index contributed by atoms with van der Waals surface area (Å²) >= 11 is 5.88. The molecule has 8 heteroatoms. The lowest BCUT2D eigenvalue weighted by molar-refractivity contribution is -0.140. The van der Waals surface area contributed by atoms with Gasteiger partial charge in [0.1, 0.15) is 23.8 Å². The minimum atomic E-state index is -0.846. The van der Waals surface area contributed by atoms with Crippen LogP contribution in [0, 0.1) is 5.41 Å². The number of hydrogen-bond acceptors (Lipinski definition) is 5. The van der Waals surface area contributed by atoms with E-state index in [4.69, 9.17) is 22.1 Å². The van der Waals surface area contributed by atoms with E-state index in [1.54, 1.807) is 36.2 Å². The number of likely N-dealkylation sites (tertiary alicyclic amines) is 1. The molecule has 31 heavy (non-hydrogen) atoms. The summed E-state index contributed by atoms with van der Waals surface area (Å²) < 4.78 is 5.65. The summed E-state index contributed by atoms with van der Waals surface area (Å²) in [5, 5.41) is 6.48. The van der Waals surface area contributed by atoms with Crippen LogP contribution in [-0.4, -0.2) is 60.2 Å². The Balaban J connectivity index is 1.48. The quantitative estimate of drug-likeness (QED) is 0.746. The Kier molecular flexibility index (Phi) is 5.98. The average Bonchev–Trinajstić information content (AvgIpc) is 3.02. The number of nitrogens with two attached hydrogens (primary N) is 1. The molecule has 2 amide bonds. The first-order valence-corrected chi connectivity index (χ1v) is 10.6. The molecular weight excluding hydrogens is 416 g/mol. The highest BCUT2D eigenvalue weighted by Crippen LogP contribution is 2.38. The number of fused-ring (bicyclic) bond motifs is 1. The van der Waals surface area contributed by atoms with Crippen molar-refractivity contribution in [3.63, 3.8) is 0 Å². The molecule has 4 rings (SSSR count). The van der Waals surface area contributed by atoms with Crippen molar-refractivity contribution in [2.24, 2.45) is 16.3 Å². The molecule has 2 aromatic carbocycles. The largest absolute Gasteiger partial charge is 0.491 e. The van der Waals surface area contributed by atoms with Gasteiger partial charge < -0.3 is 15.4 Å². The van der Waals surface area contributed by atoms with Crippen LogP contribution >= 0.6 is 11.6 Å². The van der Waals surface area contributed by atoms with Crippen molar-refractivity contribution in [2.75, 3.05) is 26.7 Å². The van der Waals surface area contributed by atoms with Crippen molar-refractivity contribution >= 4 is 29.1 Å². The predicted octanol–water partition coefficient (Wildman–Crippen LogP) is 2.34. The van der Waals surface area contributed by atoms with Gasteiger partial charge in [-0.3, -0.25) is 9.59 Å². The van der Waals surface area contributed by atoms with Gasteiger partial charge in [-0.2, -0.15) is 5.10 Å². The van der Waals surface area contributed by atoms with Crippen molar-refractivity contribution in [3.05, 3.63) is 65.2 Å². The van der Waals surface area contributed by atoms with E-state index in [-0.39, 0.29) is 25.0 Å². The fourth-order valence-electron chi connectivity index (χ4n) is 4.24. The van der Waals surface area contributed by atoms with Crippen molar-refractivity contribution in [1.29, 1.82) is 0 Å². The van der Waals surface area contributed by atoms with Gasteiger partial charge >= 0.3 is 0 Å². The molecule has 2 aliphatic heterocycles. The third kappa shape index (κ3) is 4.29. The van der Waals surface area contributed by atoms with E-state index < -0.39 is 11.5 Å². The Morgan fingerprint density at radius 3 is 2.65 bits per heavy atom. The summed E-state index contributed by atoms with van der Waals surface area (Å²) in [6.07, 6.45) is 1.04. The van der Waals surface area contributed by atoms with E-state index in [1.165, 1.54) is 5.01 Å². The van der Waals surface area contributed by atoms with Gasteiger partial charge in [0.2, 0.25) is 5.91 Å². The number of halogens is 1. The van der Waals surface area contributed by atoms with E-state index in [1.807, 2.05) is 30.3 Å². The van der Waals surface area contributed by atoms with Crippen molar-refractivity contribution in [1.82, 2.24) is 9.91 Å². The van der Waals surface area contributed by atoms with Gasteiger partial charge in [0.25, 0.3) is 5.91 Å². The first-order chi connectivity index (χ1) is 14.9. The van der Waals surface area contributed by atoms with Crippen LogP contribution in [0.25, 0.3) is 0 Å². The van der Waals surface area contributed by atoms with Gasteiger partial charge in [0.05, 0.1) is 5.71 Å². The third-order valence-electron chi connectivity index (χ3n) is 5.83. The van der Waals surface area contributed by atoms with Crippen molar-refractivity contribution in [2.45, 2.75) is 18.9 Å². The maximum absolute atomic E-state index is 13.1. The van der Waals surface area contributed by atoms with Crippen LogP contribution in [0.15, 0.2) is 59.7 Å². The molecule has 162 valence electrons. The SMILES string of the molecule is CN1N=C2CCN(C(=O)[C@H](N)COc3ccc(Cl)cc3)C[C@@]2(Cc2ccccc2)C1=O. The number of nitrogens with zero attached hydrogens (tertiary/aromatic N) is 3. The fourth-order valence-corrected chi connectivity index (χ4v) is 4.36. The highest BCUT2D eigenvalue weighted by Gasteiger charge is 2.53. The molecule has 0 radical (unpaired) electrons. The smallest absolute Gasteiger partial charge is 0.256 e. The molecular formula is C23H25ClN4O3. The summed E-state index contributed by atoms with van der Waals surface area (Å²) in [6, 6.07) is 15.9. The van der Waals surface area contributed by atoms with Gasteiger partial charge in [0.15, 0.2) is 0 Å². The number of carbonyl (C=O) groups excluding carboxylic acids is 2. The lowest BCUT2D eigenvalue weighted by Crippen LogP contribution is -2.58. The fraction of sp³-hybridized carbons (Fsp3) is 0.348. The minimum Gasteiger partial charge on any atom is -0.491 e. The first-order valence-electron chi connectivity index (χ1n) is 10.2. The Morgan fingerprint density at radius 2 is 1.94 bits per heavy atom. The molecule has 0 bridgehead atoms. The summed E-state index contributed by atoms with van der Waals surface area (Å²) in [5.41, 5.74) is 7.17. The summed E-state index contributed by atoms with van der Waals surface area (Å²) in [7, 11) is 1.66. The molecule has 2 heterocycles. The minimum absolute atomic E-state index is 0.0391. The summed E-state index contributed by atoms with van der Waals surface area (Å²) in [5.74, 6) is 0.270. The van der Waals surface area contributed by atoms with E-state index in [9.17, 15) is 9.59 Å². The highest BCUT2D eigenvalue weighted by molar-refractivity contribution is 6.30. The lowest BCUT2D eigenvalue weighted by Gasteiger charge is -2.40. The summed E-state index contributed by atoms with van der Waals surface area (Å²) in [4.78, 5) is 27.9. The Hall–Kier alpha value is -2.90. The monoisotopic (exact) mass is 440 g/mol. The van der Waals surface area contributed by atoms with Crippen LogP contribution in [0.3, 0.4) is 0 Å². The molecule has 0 unspecified atom stereocenters. The second-order valence-electron chi connectivity index (χ2n) is 8.00. The third-order valence-corrected chi connectivity index (χ3v) is 6.08. The van der Waals surface area contributed by atoms with Crippen LogP contribution in [0.5, 0.6) is 5.75 Å². The number of piperidine rings is 1. The van der Waals surface area contributed by atoms with Crippen LogP contribution in [0.2, 0.25) is 5.02 Å². The van der Waals surface area contributed by atoms with Crippen LogP contribution < -0.4 is 10.5 Å². The molecule has 0 aromatic heterocycles. The molecule has 1 saturated heterocycles. The molecule has 0 aliphatic carbocycles. The number of carbonyl (C=O) groups is 2. The summed E-state index contributed by atoms with van der Waals surface area (Å²) in [6.45, 7) is 0.777. The molecule has 2 atom stereocenters. The zero-order valence-corrected chi connectivity index (χ0v) is 18.1. The maximum Gasteiger partial charge on any atom is 0.256 e. The number of hydrogen-bond donors (Lipinski definition) is 1. The molecule has 2 aromatic rings. The Bertz CT molecular complexity index is 996. The molecule has 7 nitrogen and oxygen atoms in total. The number of hydrazone groups is 1. The first kappa shape index (κ1) is 21.3. The second-order valence-corrected chi connectivity index (χ2v) is 8.44. The molecule has 0 saturated carbocycles. The van der Waals surface area contributed by atoms with Crippen molar-refractivity contribution < 1.29 is 14.3 Å². The maximum atomic E-state index is 13.1. The Morgan fingerprint density at radius 1 is 1.23 bits per heavy atom. The molecule has 2 N–H and O–H groups in total. The van der Waals surface area contributed by atoms with Crippen LogP contribution in [0.4, 0.5) is 0 Å².